The van der Waals surface area contributed by atoms with E-state index in [-0.39, 0.29) is 35.2 Å². The highest BCUT2D eigenvalue weighted by Gasteiger charge is 2.23. The number of ether oxygens (including phenoxy) is 2. The number of hydrogen-bond donors (Lipinski definition) is 0. The first kappa shape index (κ1) is 26.9. The molecule has 2 nitrogen and oxygen atoms in total. The first-order valence-electron chi connectivity index (χ1n) is 12.8. The van der Waals surface area contributed by atoms with Crippen LogP contribution in [0, 0.1) is 29.2 Å². The van der Waals surface area contributed by atoms with Gasteiger partial charge in [-0.1, -0.05) is 42.5 Å². The van der Waals surface area contributed by atoms with Crippen LogP contribution in [0.25, 0.3) is 22.3 Å². The van der Waals surface area contributed by atoms with Crippen LogP contribution in [0.15, 0.2) is 61.2 Å². The van der Waals surface area contributed by atoms with E-state index >= 15 is 4.39 Å². The summed E-state index contributed by atoms with van der Waals surface area (Å²) in [5, 5.41) is 0. The molecule has 3 aromatic rings. The second kappa shape index (κ2) is 12.4. The first-order chi connectivity index (χ1) is 17.9. The summed E-state index contributed by atoms with van der Waals surface area (Å²) in [7, 11) is 0. The third-order valence-electron chi connectivity index (χ3n) is 6.98. The number of halogens is 4. The molecule has 196 valence electrons. The van der Waals surface area contributed by atoms with Crippen molar-refractivity contribution in [2.75, 3.05) is 13.2 Å². The largest absolute Gasteiger partial charge is 0.491 e. The highest BCUT2D eigenvalue weighted by atomic mass is 19.2. The molecule has 1 aliphatic rings. The van der Waals surface area contributed by atoms with Gasteiger partial charge in [0.05, 0.1) is 12.7 Å². The Morgan fingerprint density at radius 2 is 1.49 bits per heavy atom. The molecule has 0 aromatic heterocycles. The van der Waals surface area contributed by atoms with E-state index in [1.807, 2.05) is 18.2 Å². The van der Waals surface area contributed by atoms with Crippen LogP contribution in [-0.4, -0.2) is 19.3 Å². The molecule has 1 fully saturated rings. The molecule has 37 heavy (non-hydrogen) atoms. The fourth-order valence-corrected chi connectivity index (χ4v) is 4.84. The van der Waals surface area contributed by atoms with Gasteiger partial charge in [0.2, 0.25) is 5.82 Å². The van der Waals surface area contributed by atoms with Crippen LogP contribution in [-0.2, 0) is 11.2 Å². The van der Waals surface area contributed by atoms with E-state index in [9.17, 15) is 13.2 Å². The summed E-state index contributed by atoms with van der Waals surface area (Å²) in [6.07, 6.45) is 8.31. The van der Waals surface area contributed by atoms with Gasteiger partial charge in [-0.25, -0.2) is 13.2 Å². The van der Waals surface area contributed by atoms with Crippen molar-refractivity contribution in [1.82, 2.24) is 0 Å². The predicted molar refractivity (Wildman–Crippen MR) is 139 cm³/mol. The van der Waals surface area contributed by atoms with Gasteiger partial charge >= 0.3 is 0 Å². The highest BCUT2D eigenvalue weighted by molar-refractivity contribution is 5.72. The molecule has 0 saturated carbocycles. The molecule has 4 rings (SSSR count). The Hall–Kier alpha value is -3.12. The van der Waals surface area contributed by atoms with Crippen molar-refractivity contribution in [2.24, 2.45) is 5.92 Å². The second-order valence-electron chi connectivity index (χ2n) is 9.46. The normalized spacial score (nSPS) is 17.5. The molecule has 0 N–H and O–H groups in total. The third kappa shape index (κ3) is 6.24. The van der Waals surface area contributed by atoms with E-state index in [0.717, 1.165) is 44.3 Å². The number of aryl methyl sites for hydroxylation is 1. The lowest BCUT2D eigenvalue weighted by atomic mass is 9.92. The van der Waals surface area contributed by atoms with E-state index in [1.165, 1.54) is 30.7 Å². The van der Waals surface area contributed by atoms with Crippen molar-refractivity contribution < 1.29 is 27.0 Å². The van der Waals surface area contributed by atoms with Gasteiger partial charge < -0.3 is 9.47 Å². The average molecular weight is 513 g/mol. The number of allylic oxidation sites excluding steroid dienone is 1. The van der Waals surface area contributed by atoms with Gasteiger partial charge in [-0.2, -0.15) is 4.39 Å². The van der Waals surface area contributed by atoms with Crippen LogP contribution >= 0.6 is 0 Å². The minimum atomic E-state index is -1.28. The molecule has 1 saturated heterocycles. The van der Waals surface area contributed by atoms with Gasteiger partial charge in [0.1, 0.15) is 0 Å². The Morgan fingerprint density at radius 3 is 2.14 bits per heavy atom. The van der Waals surface area contributed by atoms with Gasteiger partial charge in [0.25, 0.3) is 0 Å². The highest BCUT2D eigenvalue weighted by Crippen LogP contribution is 2.35. The van der Waals surface area contributed by atoms with Crippen molar-refractivity contribution in [2.45, 2.75) is 51.6 Å². The standard InChI is InChI=1S/C31H32F4O2/c1-3-5-6-21-10-14-23(37-19-21)13-9-20-7-11-22(12-8-20)24-15-16-25(29(33)28(24)32)26-17-18-27(36-4-2)31(35)30(26)34/h3,7-8,11-12,15-18,21,23H,1,4-6,9-10,13-14,19H2,2H3. The number of rotatable bonds is 10. The molecular weight excluding hydrogens is 480 g/mol. The van der Waals surface area contributed by atoms with Gasteiger partial charge in [-0.05, 0) is 74.6 Å². The monoisotopic (exact) mass is 512 g/mol. The van der Waals surface area contributed by atoms with Crippen molar-refractivity contribution in [1.29, 1.82) is 0 Å². The van der Waals surface area contributed by atoms with E-state index in [0.29, 0.717) is 11.5 Å². The lowest BCUT2D eigenvalue weighted by Crippen LogP contribution is -2.26. The van der Waals surface area contributed by atoms with Gasteiger partial charge in [0.15, 0.2) is 23.2 Å². The van der Waals surface area contributed by atoms with Crippen LogP contribution < -0.4 is 4.74 Å². The molecule has 0 aliphatic carbocycles. The molecule has 1 heterocycles. The molecule has 6 heteroatoms. The SMILES string of the molecule is C=CCCC1CCC(CCc2ccc(-c3ccc(-c4ccc(OCC)c(F)c4F)c(F)c3F)cc2)OC1. The van der Waals surface area contributed by atoms with Gasteiger partial charge in [0, 0.05) is 23.3 Å². The maximum atomic E-state index is 15.0. The average Bonchev–Trinajstić information content (AvgIpc) is 2.92. The minimum absolute atomic E-state index is 0.0563. The smallest absolute Gasteiger partial charge is 0.201 e. The Kier molecular flexibility index (Phi) is 9.04. The molecule has 0 radical (unpaired) electrons. The van der Waals surface area contributed by atoms with Crippen molar-refractivity contribution in [3.05, 3.63) is 90.0 Å². The van der Waals surface area contributed by atoms with Crippen molar-refractivity contribution in [3.8, 4) is 28.0 Å². The molecule has 0 spiro atoms. The second-order valence-corrected chi connectivity index (χ2v) is 9.46. The van der Waals surface area contributed by atoms with E-state index in [4.69, 9.17) is 9.47 Å². The van der Waals surface area contributed by atoms with Crippen LogP contribution in [0.1, 0.15) is 44.6 Å². The zero-order valence-corrected chi connectivity index (χ0v) is 21.0. The zero-order chi connectivity index (χ0) is 26.4. The quantitative estimate of drug-likeness (QED) is 0.200. The summed E-state index contributed by atoms with van der Waals surface area (Å²) >= 11 is 0. The van der Waals surface area contributed by atoms with Crippen LogP contribution in [0.2, 0.25) is 0 Å². The lowest BCUT2D eigenvalue weighted by molar-refractivity contribution is -0.0211. The Labute approximate surface area is 215 Å². The summed E-state index contributed by atoms with van der Waals surface area (Å²) in [6, 6.07) is 12.3. The van der Waals surface area contributed by atoms with E-state index < -0.39 is 23.3 Å². The summed E-state index contributed by atoms with van der Waals surface area (Å²) in [5.41, 5.74) is 0.933. The molecule has 0 amide bonds. The number of hydrogen-bond acceptors (Lipinski definition) is 2. The Morgan fingerprint density at radius 1 is 0.838 bits per heavy atom. The van der Waals surface area contributed by atoms with Gasteiger partial charge in [-0.3, -0.25) is 0 Å². The summed E-state index contributed by atoms with van der Waals surface area (Å²) in [5.74, 6) is -4.52. The van der Waals surface area contributed by atoms with Crippen LogP contribution in [0.4, 0.5) is 17.6 Å². The Bertz CT molecular complexity index is 1210. The van der Waals surface area contributed by atoms with Crippen LogP contribution in [0.3, 0.4) is 0 Å². The summed E-state index contributed by atoms with van der Waals surface area (Å²) in [4.78, 5) is 0. The van der Waals surface area contributed by atoms with Gasteiger partial charge in [-0.15, -0.1) is 6.58 Å². The molecule has 1 aliphatic heterocycles. The Balaban J connectivity index is 1.43. The minimum Gasteiger partial charge on any atom is -0.491 e. The molecular formula is C31H32F4O2. The maximum Gasteiger partial charge on any atom is 0.201 e. The van der Waals surface area contributed by atoms with E-state index in [2.05, 4.69) is 6.58 Å². The fraction of sp³-hybridized carbons (Fsp3) is 0.355. The third-order valence-corrected chi connectivity index (χ3v) is 6.98. The number of benzene rings is 3. The summed E-state index contributed by atoms with van der Waals surface area (Å²) < 4.78 is 69.9. The predicted octanol–water partition coefficient (Wildman–Crippen LogP) is 8.67. The lowest BCUT2D eigenvalue weighted by Gasteiger charge is -2.29. The first-order valence-corrected chi connectivity index (χ1v) is 12.8. The molecule has 0 bridgehead atoms. The fourth-order valence-electron chi connectivity index (χ4n) is 4.84. The van der Waals surface area contributed by atoms with Crippen molar-refractivity contribution in [3.63, 3.8) is 0 Å². The molecule has 2 atom stereocenters. The topological polar surface area (TPSA) is 18.5 Å². The maximum absolute atomic E-state index is 15.0. The zero-order valence-electron chi connectivity index (χ0n) is 21.0. The molecule has 2 unspecified atom stereocenters. The summed E-state index contributed by atoms with van der Waals surface area (Å²) in [6.45, 7) is 6.36. The van der Waals surface area contributed by atoms with E-state index in [1.54, 1.807) is 19.1 Å². The van der Waals surface area contributed by atoms with Crippen LogP contribution in [0.5, 0.6) is 5.75 Å². The molecule has 3 aromatic carbocycles. The van der Waals surface area contributed by atoms with Crippen molar-refractivity contribution >= 4 is 0 Å².